The minimum Gasteiger partial charge on any atom is -0.494 e. The summed E-state index contributed by atoms with van der Waals surface area (Å²) in [5.74, 6) is 2.57. The lowest BCUT2D eigenvalue weighted by Gasteiger charge is -2.47. The van der Waals surface area contributed by atoms with Gasteiger partial charge in [0.25, 0.3) is 5.91 Å². The number of amidine groups is 1. The molecule has 1 saturated heterocycles. The van der Waals surface area contributed by atoms with Crippen LogP contribution < -0.4 is 15.4 Å². The second kappa shape index (κ2) is 8.81. The van der Waals surface area contributed by atoms with E-state index in [0.29, 0.717) is 24.8 Å². The first kappa shape index (κ1) is 20.8. The zero-order valence-electron chi connectivity index (χ0n) is 18.6. The summed E-state index contributed by atoms with van der Waals surface area (Å²) >= 11 is 0. The van der Waals surface area contributed by atoms with Crippen LogP contribution in [0.2, 0.25) is 0 Å². The fraction of sp³-hybridized carbons (Fsp3) is 0.480. The van der Waals surface area contributed by atoms with E-state index in [2.05, 4.69) is 15.6 Å². The summed E-state index contributed by atoms with van der Waals surface area (Å²) in [6.07, 6.45) is 8.36. The van der Waals surface area contributed by atoms with Gasteiger partial charge in [-0.2, -0.15) is 0 Å². The summed E-state index contributed by atoms with van der Waals surface area (Å²) in [6, 6.07) is 11.8. The molecule has 168 valence electrons. The molecule has 1 aromatic carbocycles. The Labute approximate surface area is 189 Å². The highest BCUT2D eigenvalue weighted by molar-refractivity contribution is 6.09. The van der Waals surface area contributed by atoms with E-state index in [1.54, 1.807) is 6.20 Å². The molecule has 3 aliphatic rings. The molecule has 3 heterocycles. The van der Waals surface area contributed by atoms with Gasteiger partial charge < -0.3 is 20.3 Å². The van der Waals surface area contributed by atoms with Crippen molar-refractivity contribution in [1.29, 1.82) is 0 Å². The number of nitrogens with zero attached hydrogens (tertiary/aromatic N) is 3. The maximum Gasteiger partial charge on any atom is 0.253 e. The van der Waals surface area contributed by atoms with Gasteiger partial charge in [-0.3, -0.25) is 9.79 Å². The minimum absolute atomic E-state index is 0.0473. The molecule has 32 heavy (non-hydrogen) atoms. The van der Waals surface area contributed by atoms with E-state index in [0.717, 1.165) is 55.3 Å². The lowest BCUT2D eigenvalue weighted by Crippen LogP contribution is -2.62. The molecule has 2 N–H and O–H groups in total. The molecule has 1 amide bonds. The Balaban J connectivity index is 1.43. The average molecular weight is 434 g/mol. The highest BCUT2D eigenvalue weighted by atomic mass is 16.5. The first-order valence-corrected chi connectivity index (χ1v) is 11.8. The number of carbonyl (C=O) groups is 1. The number of carbonyl (C=O) groups excluding carboxylic acids is 1. The third kappa shape index (κ3) is 4.04. The molecule has 7 nitrogen and oxygen atoms in total. The number of ether oxygens (including phenoxy) is 1. The fourth-order valence-corrected chi connectivity index (χ4v) is 5.09. The van der Waals surface area contributed by atoms with Crippen LogP contribution in [0.4, 0.5) is 11.5 Å². The summed E-state index contributed by atoms with van der Waals surface area (Å²) in [6.45, 7) is 3.88. The molecule has 1 saturated carbocycles. The summed E-state index contributed by atoms with van der Waals surface area (Å²) in [4.78, 5) is 25.0. The van der Waals surface area contributed by atoms with Gasteiger partial charge in [-0.05, 0) is 69.0 Å². The van der Waals surface area contributed by atoms with Crippen LogP contribution in [0.1, 0.15) is 55.8 Å². The zero-order valence-corrected chi connectivity index (χ0v) is 18.6. The quantitative estimate of drug-likeness (QED) is 0.750. The maximum absolute atomic E-state index is 13.4. The molecule has 2 aromatic rings. The van der Waals surface area contributed by atoms with Gasteiger partial charge in [0, 0.05) is 18.3 Å². The Morgan fingerprint density at radius 2 is 2.03 bits per heavy atom. The van der Waals surface area contributed by atoms with Crippen LogP contribution in [0.5, 0.6) is 5.75 Å². The van der Waals surface area contributed by atoms with Crippen LogP contribution in [-0.2, 0) is 0 Å². The van der Waals surface area contributed by atoms with Crippen LogP contribution in [0.3, 0.4) is 0 Å². The van der Waals surface area contributed by atoms with Gasteiger partial charge in [0.1, 0.15) is 17.1 Å². The molecule has 1 spiro atoms. The molecule has 2 fully saturated rings. The Hall–Kier alpha value is -3.09. The monoisotopic (exact) mass is 433 g/mol. The Morgan fingerprint density at radius 3 is 2.81 bits per heavy atom. The number of pyridine rings is 1. The standard InChI is InChI=1S/C25H31N5O2/c1-2-32-20-12-10-18(11-13-20)23(31)30-16-6-14-25(17-30)24(27-19-7-3-4-8-19)28-22-21(29-25)9-5-15-26-22/h5,9-13,15,19,29H,2-4,6-8,14,16-17H2,1H3,(H,26,27,28). The van der Waals surface area contributed by atoms with E-state index in [1.165, 1.54) is 12.8 Å². The van der Waals surface area contributed by atoms with E-state index in [4.69, 9.17) is 9.73 Å². The normalized spacial score (nSPS) is 24.2. The van der Waals surface area contributed by atoms with Crippen molar-refractivity contribution in [2.24, 2.45) is 4.99 Å². The number of aliphatic imine (C=N–C) groups is 1. The lowest BCUT2D eigenvalue weighted by molar-refractivity contribution is 0.0694. The van der Waals surface area contributed by atoms with E-state index in [9.17, 15) is 4.79 Å². The van der Waals surface area contributed by atoms with Crippen LogP contribution >= 0.6 is 0 Å². The predicted octanol–water partition coefficient (Wildman–Crippen LogP) is 4.33. The number of nitrogens with one attached hydrogen (secondary N) is 2. The van der Waals surface area contributed by atoms with Crippen molar-refractivity contribution in [3.05, 3.63) is 48.2 Å². The van der Waals surface area contributed by atoms with Crippen molar-refractivity contribution < 1.29 is 9.53 Å². The highest BCUT2D eigenvalue weighted by Gasteiger charge is 2.45. The molecule has 0 bridgehead atoms. The topological polar surface area (TPSA) is 78.8 Å². The van der Waals surface area contributed by atoms with Gasteiger partial charge in [0.15, 0.2) is 5.82 Å². The third-order valence-electron chi connectivity index (χ3n) is 6.70. The first-order valence-electron chi connectivity index (χ1n) is 11.8. The van der Waals surface area contributed by atoms with Crippen molar-refractivity contribution in [1.82, 2.24) is 9.88 Å². The number of likely N-dealkylation sites (tertiary alicyclic amines) is 1. The van der Waals surface area contributed by atoms with Crippen molar-refractivity contribution in [3.8, 4) is 5.75 Å². The number of hydrogen-bond acceptors (Lipinski definition) is 5. The second-order valence-electron chi connectivity index (χ2n) is 8.94. The number of amides is 1. The number of benzene rings is 1. The van der Waals surface area contributed by atoms with Crippen LogP contribution in [0, 0.1) is 0 Å². The number of anilines is 2. The Bertz CT molecular complexity index is 1000. The second-order valence-corrected chi connectivity index (χ2v) is 8.94. The van der Waals surface area contributed by atoms with E-state index >= 15 is 0 Å². The molecule has 1 aliphatic carbocycles. The van der Waals surface area contributed by atoms with Gasteiger partial charge in [-0.15, -0.1) is 0 Å². The molecular formula is C25H31N5O2. The highest BCUT2D eigenvalue weighted by Crippen LogP contribution is 2.36. The summed E-state index contributed by atoms with van der Waals surface area (Å²) in [5.41, 5.74) is 1.23. The maximum atomic E-state index is 13.4. The number of aromatic nitrogens is 1. The Kier molecular flexibility index (Phi) is 5.72. The van der Waals surface area contributed by atoms with Gasteiger partial charge in [0.05, 0.1) is 24.9 Å². The van der Waals surface area contributed by atoms with Crippen LogP contribution in [-0.4, -0.2) is 52.9 Å². The predicted molar refractivity (Wildman–Crippen MR) is 127 cm³/mol. The molecule has 7 heteroatoms. The molecule has 1 unspecified atom stereocenters. The summed E-state index contributed by atoms with van der Waals surface area (Å²) < 4.78 is 5.52. The first-order chi connectivity index (χ1) is 15.7. The SMILES string of the molecule is CCOc1ccc(C(=O)N2CCCC3(C2)Nc2cccnc2NC3=NC2CCCC2)cc1. The van der Waals surface area contributed by atoms with Gasteiger partial charge in [-0.1, -0.05) is 12.8 Å². The molecule has 0 radical (unpaired) electrons. The largest absolute Gasteiger partial charge is 0.494 e. The summed E-state index contributed by atoms with van der Waals surface area (Å²) in [5, 5.41) is 7.26. The van der Waals surface area contributed by atoms with E-state index in [1.807, 2.05) is 48.2 Å². The van der Waals surface area contributed by atoms with Gasteiger partial charge in [0.2, 0.25) is 0 Å². The van der Waals surface area contributed by atoms with Crippen molar-refractivity contribution >= 4 is 23.2 Å². The van der Waals surface area contributed by atoms with Crippen LogP contribution in [0.15, 0.2) is 47.6 Å². The Morgan fingerprint density at radius 1 is 1.22 bits per heavy atom. The van der Waals surface area contributed by atoms with Gasteiger partial charge in [-0.25, -0.2) is 4.98 Å². The van der Waals surface area contributed by atoms with E-state index in [-0.39, 0.29) is 5.91 Å². The number of rotatable bonds is 4. The average Bonchev–Trinajstić information content (AvgIpc) is 3.33. The summed E-state index contributed by atoms with van der Waals surface area (Å²) in [7, 11) is 0. The molecule has 2 aliphatic heterocycles. The van der Waals surface area contributed by atoms with Crippen molar-refractivity contribution in [2.45, 2.75) is 57.0 Å². The van der Waals surface area contributed by atoms with Gasteiger partial charge >= 0.3 is 0 Å². The molecular weight excluding hydrogens is 402 g/mol. The molecule has 5 rings (SSSR count). The molecule has 1 atom stereocenters. The third-order valence-corrected chi connectivity index (χ3v) is 6.70. The number of fused-ring (bicyclic) bond motifs is 1. The lowest BCUT2D eigenvalue weighted by atomic mass is 9.85. The van der Waals surface area contributed by atoms with Crippen molar-refractivity contribution in [2.75, 3.05) is 30.3 Å². The fourth-order valence-electron chi connectivity index (χ4n) is 5.09. The number of hydrogen-bond donors (Lipinski definition) is 2. The van der Waals surface area contributed by atoms with Crippen molar-refractivity contribution in [3.63, 3.8) is 0 Å². The minimum atomic E-state index is -0.419. The van der Waals surface area contributed by atoms with Crippen LogP contribution in [0.25, 0.3) is 0 Å². The smallest absolute Gasteiger partial charge is 0.253 e. The molecule has 1 aromatic heterocycles. The number of piperidine rings is 1. The zero-order chi connectivity index (χ0) is 22.0. The van der Waals surface area contributed by atoms with E-state index < -0.39 is 5.54 Å².